The molecule has 0 saturated carbocycles. The van der Waals surface area contributed by atoms with E-state index in [0.29, 0.717) is 32.5 Å². The lowest BCUT2D eigenvalue weighted by Crippen LogP contribution is -2.14. The number of benzene rings is 3. The highest BCUT2D eigenvalue weighted by atomic mass is 32.1. The molecule has 3 heterocycles. The summed E-state index contributed by atoms with van der Waals surface area (Å²) in [4.78, 5) is 9.89. The molecule has 1 fully saturated rings. The Bertz CT molecular complexity index is 1580. The SMILES string of the molecule is COC(C)COCCCCOc1ccc(-c2nc3cc4sc(-c5ccc(OCCCCOCC6CO6)cc5)nc4cc3s2)cc1. The molecule has 238 valence electrons. The molecule has 1 saturated heterocycles. The van der Waals surface area contributed by atoms with Gasteiger partial charge >= 0.3 is 0 Å². The number of epoxide rings is 1. The first-order valence-electron chi connectivity index (χ1n) is 15.6. The summed E-state index contributed by atoms with van der Waals surface area (Å²) in [5, 5.41) is 1.99. The highest BCUT2D eigenvalue weighted by molar-refractivity contribution is 7.23. The molecule has 2 atom stereocenters. The van der Waals surface area contributed by atoms with Gasteiger partial charge in [0.2, 0.25) is 0 Å². The first kappa shape index (κ1) is 31.8. The minimum absolute atomic E-state index is 0.131. The maximum Gasteiger partial charge on any atom is 0.124 e. The number of nitrogens with zero attached hydrogens (tertiary/aromatic N) is 2. The maximum absolute atomic E-state index is 5.92. The predicted molar refractivity (Wildman–Crippen MR) is 181 cm³/mol. The lowest BCUT2D eigenvalue weighted by molar-refractivity contribution is 0.0168. The second kappa shape index (κ2) is 15.9. The number of hydrogen-bond acceptors (Lipinski definition) is 10. The summed E-state index contributed by atoms with van der Waals surface area (Å²) in [5.74, 6) is 1.74. The Kier molecular flexibility index (Phi) is 11.3. The first-order chi connectivity index (χ1) is 22.1. The summed E-state index contributed by atoms with van der Waals surface area (Å²) in [6.07, 6.45) is 4.31. The van der Waals surface area contributed by atoms with E-state index in [2.05, 4.69) is 36.4 Å². The van der Waals surface area contributed by atoms with Crippen molar-refractivity contribution in [1.82, 2.24) is 9.97 Å². The fourth-order valence-electron chi connectivity index (χ4n) is 4.67. The van der Waals surface area contributed by atoms with Gasteiger partial charge in [0.05, 0.1) is 59.6 Å². The molecule has 3 aromatic carbocycles. The van der Waals surface area contributed by atoms with Crippen LogP contribution in [0.4, 0.5) is 0 Å². The molecule has 5 aromatic rings. The minimum atomic E-state index is 0.131. The molecule has 0 aliphatic carbocycles. The van der Waals surface area contributed by atoms with Crippen molar-refractivity contribution in [1.29, 1.82) is 0 Å². The number of hydrogen-bond donors (Lipinski definition) is 0. The van der Waals surface area contributed by atoms with Crippen LogP contribution >= 0.6 is 22.7 Å². The summed E-state index contributed by atoms with van der Waals surface area (Å²) in [6.45, 7) is 7.00. The number of unbranched alkanes of at least 4 members (excludes halogenated alkanes) is 2. The third kappa shape index (κ3) is 9.22. The molecule has 2 aromatic heterocycles. The smallest absolute Gasteiger partial charge is 0.124 e. The number of fused-ring (bicyclic) bond motifs is 2. The molecule has 0 N–H and O–H groups in total. The second-order valence-corrected chi connectivity index (χ2v) is 13.2. The fraction of sp³-hybridized carbons (Fsp3) is 0.429. The number of rotatable bonds is 19. The molecule has 0 radical (unpaired) electrons. The van der Waals surface area contributed by atoms with Gasteiger partial charge in [-0.1, -0.05) is 0 Å². The van der Waals surface area contributed by atoms with Gasteiger partial charge in [-0.3, -0.25) is 0 Å². The highest BCUT2D eigenvalue weighted by Gasteiger charge is 2.22. The van der Waals surface area contributed by atoms with Crippen molar-refractivity contribution >= 4 is 43.1 Å². The Morgan fingerprint density at radius 1 is 0.733 bits per heavy atom. The average Bonchev–Trinajstić information content (AvgIpc) is 3.66. The van der Waals surface area contributed by atoms with Crippen LogP contribution in [0.3, 0.4) is 0 Å². The Morgan fingerprint density at radius 2 is 1.22 bits per heavy atom. The molecule has 0 bridgehead atoms. The third-order valence-electron chi connectivity index (χ3n) is 7.46. The van der Waals surface area contributed by atoms with Gasteiger partial charge in [-0.05, 0) is 93.3 Å². The molecule has 2 unspecified atom stereocenters. The molecule has 6 rings (SSSR count). The number of methoxy groups -OCH3 is 1. The highest BCUT2D eigenvalue weighted by Crippen LogP contribution is 2.37. The van der Waals surface area contributed by atoms with Crippen LogP contribution in [0.5, 0.6) is 11.5 Å². The van der Waals surface area contributed by atoms with E-state index in [1.165, 1.54) is 0 Å². The zero-order chi connectivity index (χ0) is 30.8. The van der Waals surface area contributed by atoms with Gasteiger partial charge in [-0.15, -0.1) is 22.7 Å². The van der Waals surface area contributed by atoms with Crippen molar-refractivity contribution in [2.45, 2.75) is 44.8 Å². The van der Waals surface area contributed by atoms with Gasteiger partial charge in [0, 0.05) is 31.5 Å². The van der Waals surface area contributed by atoms with E-state index in [4.69, 9.17) is 38.4 Å². The molecule has 1 aliphatic rings. The topological polar surface area (TPSA) is 84.5 Å². The zero-order valence-corrected chi connectivity index (χ0v) is 27.5. The average molecular weight is 649 g/mol. The van der Waals surface area contributed by atoms with Crippen molar-refractivity contribution in [2.24, 2.45) is 0 Å². The van der Waals surface area contributed by atoms with Crippen LogP contribution in [-0.2, 0) is 18.9 Å². The van der Waals surface area contributed by atoms with Crippen LogP contribution < -0.4 is 9.47 Å². The first-order valence-corrected chi connectivity index (χ1v) is 17.3. The lowest BCUT2D eigenvalue weighted by atomic mass is 10.2. The molecule has 8 nitrogen and oxygen atoms in total. The molecular formula is C35H40N2O6S2. The summed E-state index contributed by atoms with van der Waals surface area (Å²) in [6, 6.07) is 20.7. The predicted octanol–water partition coefficient (Wildman–Crippen LogP) is 8.02. The van der Waals surface area contributed by atoms with E-state index in [-0.39, 0.29) is 6.10 Å². The summed E-state index contributed by atoms with van der Waals surface area (Å²) in [7, 11) is 1.70. The fourth-order valence-corrected chi connectivity index (χ4v) is 6.64. The van der Waals surface area contributed by atoms with Gasteiger partial charge in [-0.2, -0.15) is 0 Å². The van der Waals surface area contributed by atoms with Crippen molar-refractivity contribution in [3.8, 4) is 32.6 Å². The molecule has 0 spiro atoms. The van der Waals surface area contributed by atoms with Gasteiger partial charge in [-0.25, -0.2) is 9.97 Å². The van der Waals surface area contributed by atoms with Crippen molar-refractivity contribution in [2.75, 3.05) is 53.4 Å². The van der Waals surface area contributed by atoms with Crippen LogP contribution in [0.1, 0.15) is 32.6 Å². The summed E-state index contributed by atoms with van der Waals surface area (Å²) in [5.41, 5.74) is 4.16. The van der Waals surface area contributed by atoms with Crippen LogP contribution in [0.15, 0.2) is 60.7 Å². The summed E-state index contributed by atoms with van der Waals surface area (Å²) < 4.78 is 35.6. The molecule has 45 heavy (non-hydrogen) atoms. The summed E-state index contributed by atoms with van der Waals surface area (Å²) >= 11 is 3.38. The second-order valence-electron chi connectivity index (χ2n) is 11.1. The minimum Gasteiger partial charge on any atom is -0.494 e. The van der Waals surface area contributed by atoms with E-state index >= 15 is 0 Å². The van der Waals surface area contributed by atoms with Crippen LogP contribution in [0.2, 0.25) is 0 Å². The van der Waals surface area contributed by atoms with Crippen molar-refractivity contribution in [3.63, 3.8) is 0 Å². The molecule has 0 amide bonds. The Morgan fingerprint density at radius 3 is 1.71 bits per heavy atom. The van der Waals surface area contributed by atoms with Crippen LogP contribution in [0, 0.1) is 0 Å². The van der Waals surface area contributed by atoms with Crippen molar-refractivity contribution in [3.05, 3.63) is 60.7 Å². The molecule has 1 aliphatic heterocycles. The molecule has 10 heteroatoms. The third-order valence-corrected chi connectivity index (χ3v) is 9.60. The standard InChI is InChI=1S/C35H40N2O6S2/c1-24(38-2)21-39-15-3-5-17-41-27-11-7-25(8-12-27)34-36-30-19-33-31(20-32(30)44-34)37-35(45-33)26-9-13-28(14-10-26)42-18-6-4-16-40-22-29-23-43-29/h7-14,19-20,24,29H,3-6,15-18,21-23H2,1-2H3. The van der Waals surface area contributed by atoms with Gasteiger partial charge < -0.3 is 28.4 Å². The van der Waals surface area contributed by atoms with E-state index < -0.39 is 0 Å². The number of thiazole rings is 2. The van der Waals surface area contributed by atoms with Crippen LogP contribution in [0.25, 0.3) is 41.6 Å². The Hall–Kier alpha value is -3.12. The van der Waals surface area contributed by atoms with Gasteiger partial charge in [0.1, 0.15) is 27.6 Å². The quantitative estimate of drug-likeness (QED) is 0.0658. The number of aromatic nitrogens is 2. The lowest BCUT2D eigenvalue weighted by Gasteiger charge is -2.10. The van der Waals surface area contributed by atoms with E-state index in [1.54, 1.807) is 29.8 Å². The maximum atomic E-state index is 5.92. The van der Waals surface area contributed by atoms with E-state index in [1.807, 2.05) is 31.2 Å². The normalized spacial score (nSPS) is 15.1. The van der Waals surface area contributed by atoms with Gasteiger partial charge in [0.25, 0.3) is 0 Å². The zero-order valence-electron chi connectivity index (χ0n) is 25.9. The van der Waals surface area contributed by atoms with E-state index in [0.717, 1.165) is 98.6 Å². The van der Waals surface area contributed by atoms with Crippen LogP contribution in [-0.4, -0.2) is 75.5 Å². The molecular weight excluding hydrogens is 609 g/mol. The largest absolute Gasteiger partial charge is 0.494 e. The number of ether oxygens (including phenoxy) is 6. The Labute approximate surface area is 272 Å². The Balaban J connectivity index is 0.982. The van der Waals surface area contributed by atoms with Gasteiger partial charge in [0.15, 0.2) is 0 Å². The monoisotopic (exact) mass is 648 g/mol. The van der Waals surface area contributed by atoms with Crippen molar-refractivity contribution < 1.29 is 28.4 Å². The van der Waals surface area contributed by atoms with E-state index in [9.17, 15) is 0 Å².